The molecule has 10 aromatic rings. The van der Waals surface area contributed by atoms with Crippen LogP contribution in [-0.4, -0.2) is 5.48 Å². The molecule has 1 nitrogen and oxygen atoms in total. The predicted molar refractivity (Wildman–Crippen MR) is 232 cm³/mol. The summed E-state index contributed by atoms with van der Waals surface area (Å²) in [6.07, 6.45) is 10.9. The SMILES string of the molecule is Cc1c(CC=Cc2ccccc2)cc2ccc3cccc4ccc1c2c34.Cc1c(CC=Cc2ccccc2)cc2ccc3cccc4ccc1c2c34.O. The maximum atomic E-state index is 2.37. The molecule has 0 aromatic heterocycles. The van der Waals surface area contributed by atoms with Crippen molar-refractivity contribution in [3.05, 3.63) is 203 Å². The highest BCUT2D eigenvalue weighted by atomic mass is 16.0. The number of benzene rings is 10. The van der Waals surface area contributed by atoms with Gasteiger partial charge in [0.2, 0.25) is 0 Å². The van der Waals surface area contributed by atoms with Crippen LogP contribution in [0.5, 0.6) is 0 Å². The molecule has 0 bridgehead atoms. The van der Waals surface area contributed by atoms with Crippen LogP contribution < -0.4 is 0 Å². The molecule has 0 saturated carbocycles. The standard InChI is InChI=1S/2C26H20.H2O/c2*1-18-22(12-5-9-19-7-3-2-4-8-19)17-23-14-13-20-10-6-11-21-15-16-24(18)26(23)25(20)21;/h2*2-11,13-17H,12H2,1H3;1H2. The van der Waals surface area contributed by atoms with Crippen molar-refractivity contribution in [1.82, 2.24) is 0 Å². The molecule has 0 aliphatic rings. The summed E-state index contributed by atoms with van der Waals surface area (Å²) in [4.78, 5) is 0. The number of aryl methyl sites for hydroxylation is 2. The van der Waals surface area contributed by atoms with E-state index in [1.54, 1.807) is 0 Å². The van der Waals surface area contributed by atoms with E-state index in [1.165, 1.54) is 98.0 Å². The fourth-order valence-electron chi connectivity index (χ4n) is 8.22. The zero-order valence-electron chi connectivity index (χ0n) is 30.2. The quantitative estimate of drug-likeness (QED) is 0.156. The highest BCUT2D eigenvalue weighted by molar-refractivity contribution is 6.24. The van der Waals surface area contributed by atoms with E-state index in [1.807, 2.05) is 0 Å². The predicted octanol–water partition coefficient (Wildman–Crippen LogP) is 13.5. The summed E-state index contributed by atoms with van der Waals surface area (Å²) < 4.78 is 0. The third kappa shape index (κ3) is 6.31. The van der Waals surface area contributed by atoms with Gasteiger partial charge in [-0.05, 0) is 125 Å². The monoisotopic (exact) mass is 682 g/mol. The molecule has 0 heterocycles. The maximum Gasteiger partial charge on any atom is -0.00239 e. The molecule has 10 rings (SSSR count). The number of hydrogen-bond acceptors (Lipinski definition) is 0. The zero-order valence-corrected chi connectivity index (χ0v) is 30.2. The van der Waals surface area contributed by atoms with Crippen molar-refractivity contribution in [1.29, 1.82) is 0 Å². The molecule has 10 aromatic carbocycles. The molecule has 53 heavy (non-hydrogen) atoms. The Morgan fingerprint density at radius 1 is 0.358 bits per heavy atom. The Labute approximate surface area is 311 Å². The summed E-state index contributed by atoms with van der Waals surface area (Å²) in [7, 11) is 0. The lowest BCUT2D eigenvalue weighted by molar-refractivity contribution is 0.824. The van der Waals surface area contributed by atoms with Gasteiger partial charge in [-0.15, -0.1) is 0 Å². The first-order valence-electron chi connectivity index (χ1n) is 18.4. The van der Waals surface area contributed by atoms with Crippen LogP contribution in [0.3, 0.4) is 0 Å². The van der Waals surface area contributed by atoms with Gasteiger partial charge in [0, 0.05) is 0 Å². The molecule has 0 aliphatic heterocycles. The average Bonchev–Trinajstić information content (AvgIpc) is 3.19. The van der Waals surface area contributed by atoms with Gasteiger partial charge >= 0.3 is 0 Å². The van der Waals surface area contributed by atoms with Crippen LogP contribution in [0.25, 0.3) is 76.8 Å². The molecule has 0 fully saturated rings. The molecule has 0 amide bonds. The molecular formula is C52H42O. The second kappa shape index (κ2) is 14.4. The summed E-state index contributed by atoms with van der Waals surface area (Å²) in [5, 5.41) is 16.4. The van der Waals surface area contributed by atoms with E-state index >= 15 is 0 Å². The lowest BCUT2D eigenvalue weighted by Crippen LogP contribution is -1.92. The first kappa shape index (κ1) is 33.8. The van der Waals surface area contributed by atoms with Gasteiger partial charge in [-0.3, -0.25) is 0 Å². The normalized spacial score (nSPS) is 11.8. The molecule has 1 heteroatoms. The van der Waals surface area contributed by atoms with Gasteiger partial charge in [-0.25, -0.2) is 0 Å². The lowest BCUT2D eigenvalue weighted by atomic mass is 9.89. The largest absolute Gasteiger partial charge is 0.412 e. The van der Waals surface area contributed by atoms with Crippen molar-refractivity contribution in [2.45, 2.75) is 26.7 Å². The third-order valence-corrected chi connectivity index (χ3v) is 10.9. The Kier molecular flexibility index (Phi) is 9.19. The molecule has 2 N–H and O–H groups in total. The minimum absolute atomic E-state index is 0. The first-order valence-corrected chi connectivity index (χ1v) is 18.4. The molecule has 0 atom stereocenters. The smallest absolute Gasteiger partial charge is 0.00239 e. The van der Waals surface area contributed by atoms with Crippen molar-refractivity contribution in [2.24, 2.45) is 0 Å². The van der Waals surface area contributed by atoms with Gasteiger partial charge in [0.05, 0.1) is 0 Å². The fraction of sp³-hybridized carbons (Fsp3) is 0.0769. The van der Waals surface area contributed by atoms with Gasteiger partial charge in [-0.2, -0.15) is 0 Å². The topological polar surface area (TPSA) is 31.5 Å². The summed E-state index contributed by atoms with van der Waals surface area (Å²) in [6, 6.07) is 57.1. The molecule has 0 saturated heterocycles. The summed E-state index contributed by atoms with van der Waals surface area (Å²) in [6.45, 7) is 4.52. The summed E-state index contributed by atoms with van der Waals surface area (Å²) >= 11 is 0. The Hall–Kier alpha value is -6.28. The first-order chi connectivity index (χ1) is 25.6. The van der Waals surface area contributed by atoms with Crippen LogP contribution in [0.4, 0.5) is 0 Å². The Morgan fingerprint density at radius 3 is 1.11 bits per heavy atom. The summed E-state index contributed by atoms with van der Waals surface area (Å²) in [5.41, 5.74) is 8.11. The van der Waals surface area contributed by atoms with E-state index in [0.29, 0.717) is 0 Å². The van der Waals surface area contributed by atoms with E-state index in [4.69, 9.17) is 0 Å². The van der Waals surface area contributed by atoms with Crippen LogP contribution in [-0.2, 0) is 12.8 Å². The van der Waals surface area contributed by atoms with Crippen LogP contribution in [0.15, 0.2) is 170 Å². The van der Waals surface area contributed by atoms with Gasteiger partial charge in [0.25, 0.3) is 0 Å². The van der Waals surface area contributed by atoms with E-state index in [0.717, 1.165) is 12.8 Å². The van der Waals surface area contributed by atoms with Crippen molar-refractivity contribution in [3.63, 3.8) is 0 Å². The van der Waals surface area contributed by atoms with E-state index in [2.05, 4.69) is 196 Å². The Morgan fingerprint density at radius 2 is 0.717 bits per heavy atom. The van der Waals surface area contributed by atoms with Gasteiger partial charge in [0.15, 0.2) is 0 Å². The molecule has 256 valence electrons. The lowest BCUT2D eigenvalue weighted by Gasteiger charge is -2.15. The van der Waals surface area contributed by atoms with Crippen LogP contribution in [0.2, 0.25) is 0 Å². The highest BCUT2D eigenvalue weighted by Crippen LogP contribution is 2.39. The molecule has 0 aliphatic carbocycles. The van der Waals surface area contributed by atoms with Gasteiger partial charge < -0.3 is 5.48 Å². The number of hydrogen-bond donors (Lipinski definition) is 0. The summed E-state index contributed by atoms with van der Waals surface area (Å²) in [5.74, 6) is 0. The second-order valence-electron chi connectivity index (χ2n) is 14.1. The van der Waals surface area contributed by atoms with E-state index in [9.17, 15) is 0 Å². The molecule has 0 radical (unpaired) electrons. The van der Waals surface area contributed by atoms with E-state index < -0.39 is 0 Å². The second-order valence-corrected chi connectivity index (χ2v) is 14.1. The number of rotatable bonds is 6. The zero-order chi connectivity index (χ0) is 35.0. The van der Waals surface area contributed by atoms with Crippen LogP contribution in [0, 0.1) is 13.8 Å². The van der Waals surface area contributed by atoms with Crippen LogP contribution in [0.1, 0.15) is 33.4 Å². The minimum Gasteiger partial charge on any atom is -0.412 e. The third-order valence-electron chi connectivity index (χ3n) is 10.9. The van der Waals surface area contributed by atoms with Crippen molar-refractivity contribution in [2.75, 3.05) is 0 Å². The van der Waals surface area contributed by atoms with Crippen molar-refractivity contribution in [3.8, 4) is 0 Å². The van der Waals surface area contributed by atoms with Gasteiger partial charge in [-0.1, -0.05) is 182 Å². The van der Waals surface area contributed by atoms with Crippen molar-refractivity contribution < 1.29 is 5.48 Å². The minimum atomic E-state index is 0. The molecule has 0 unspecified atom stereocenters. The van der Waals surface area contributed by atoms with Crippen molar-refractivity contribution >= 4 is 76.8 Å². The van der Waals surface area contributed by atoms with E-state index in [-0.39, 0.29) is 5.48 Å². The highest BCUT2D eigenvalue weighted by Gasteiger charge is 2.13. The molecule has 0 spiro atoms. The Balaban J connectivity index is 0.000000148. The maximum absolute atomic E-state index is 2.37. The Bertz CT molecular complexity index is 2660. The number of allylic oxidation sites excluding steroid dienone is 2. The van der Waals surface area contributed by atoms with Gasteiger partial charge in [0.1, 0.15) is 0 Å². The van der Waals surface area contributed by atoms with Crippen LogP contribution >= 0.6 is 0 Å². The molecular weight excluding hydrogens is 641 g/mol. The fourth-order valence-corrected chi connectivity index (χ4v) is 8.22. The average molecular weight is 683 g/mol.